The van der Waals surface area contributed by atoms with Crippen molar-refractivity contribution in [1.29, 1.82) is 0 Å². The molecule has 0 aliphatic carbocycles. The van der Waals surface area contributed by atoms with Crippen LogP contribution in [0.3, 0.4) is 0 Å². The molecule has 2 fully saturated rings. The van der Waals surface area contributed by atoms with Gasteiger partial charge in [-0.25, -0.2) is 0 Å². The van der Waals surface area contributed by atoms with Crippen molar-refractivity contribution < 1.29 is 9.53 Å². The highest BCUT2D eigenvalue weighted by Crippen LogP contribution is 2.19. The fourth-order valence-corrected chi connectivity index (χ4v) is 3.59. The molecule has 22 heavy (non-hydrogen) atoms. The molecule has 1 N–H and O–H groups in total. The van der Waals surface area contributed by atoms with Crippen molar-refractivity contribution in [1.82, 2.24) is 10.2 Å². The lowest BCUT2D eigenvalue weighted by atomic mass is 10.0. The van der Waals surface area contributed by atoms with Gasteiger partial charge in [-0.2, -0.15) is 0 Å². The van der Waals surface area contributed by atoms with Crippen LogP contribution < -0.4 is 5.32 Å². The standard InChI is InChI=1S/C17H23ClN2O2/c18-14-6-4-5-13(9-14)10-17(21)19-15-11-22-12-16(15)20-7-2-1-3-8-20/h4-6,9,15-16H,1-3,7-8,10-12H2,(H,19,21)/t15-,16-/m0/s1. The minimum atomic E-state index is 0.0415. The predicted molar refractivity (Wildman–Crippen MR) is 87.1 cm³/mol. The Labute approximate surface area is 136 Å². The van der Waals surface area contributed by atoms with E-state index in [2.05, 4.69) is 10.2 Å². The fraction of sp³-hybridized carbons (Fsp3) is 0.588. The number of halogens is 1. The summed E-state index contributed by atoms with van der Waals surface area (Å²) in [5.74, 6) is 0.0415. The first kappa shape index (κ1) is 15.8. The highest BCUT2D eigenvalue weighted by molar-refractivity contribution is 6.30. The van der Waals surface area contributed by atoms with Crippen LogP contribution in [0.4, 0.5) is 0 Å². The zero-order valence-electron chi connectivity index (χ0n) is 12.8. The molecule has 0 aromatic heterocycles. The van der Waals surface area contributed by atoms with Gasteiger partial charge in [-0.3, -0.25) is 9.69 Å². The summed E-state index contributed by atoms with van der Waals surface area (Å²) in [6.45, 7) is 3.58. The molecule has 4 nitrogen and oxygen atoms in total. The topological polar surface area (TPSA) is 41.6 Å². The number of nitrogens with one attached hydrogen (secondary N) is 1. The number of likely N-dealkylation sites (tertiary alicyclic amines) is 1. The van der Waals surface area contributed by atoms with E-state index in [0.29, 0.717) is 24.1 Å². The predicted octanol–water partition coefficient (Wildman–Crippen LogP) is 2.25. The maximum Gasteiger partial charge on any atom is 0.224 e. The van der Waals surface area contributed by atoms with Gasteiger partial charge in [0, 0.05) is 5.02 Å². The molecule has 2 heterocycles. The van der Waals surface area contributed by atoms with Gasteiger partial charge in [-0.1, -0.05) is 30.2 Å². The first-order valence-corrected chi connectivity index (χ1v) is 8.46. The van der Waals surface area contributed by atoms with Crippen molar-refractivity contribution in [3.05, 3.63) is 34.9 Å². The summed E-state index contributed by atoms with van der Waals surface area (Å²) in [5, 5.41) is 3.81. The Morgan fingerprint density at radius 2 is 2.09 bits per heavy atom. The lowest BCUT2D eigenvalue weighted by Crippen LogP contribution is -2.52. The molecular formula is C17H23ClN2O2. The fourth-order valence-electron chi connectivity index (χ4n) is 3.38. The molecule has 0 radical (unpaired) electrons. The third kappa shape index (κ3) is 4.00. The van der Waals surface area contributed by atoms with Crippen molar-refractivity contribution in [3.63, 3.8) is 0 Å². The van der Waals surface area contributed by atoms with E-state index in [1.54, 1.807) is 0 Å². The zero-order chi connectivity index (χ0) is 15.4. The minimum Gasteiger partial charge on any atom is -0.378 e. The van der Waals surface area contributed by atoms with Crippen LogP contribution in [0.1, 0.15) is 24.8 Å². The summed E-state index contributed by atoms with van der Waals surface area (Å²) >= 11 is 5.96. The number of ether oxygens (including phenoxy) is 1. The van der Waals surface area contributed by atoms with Gasteiger partial charge in [0.2, 0.25) is 5.91 Å². The monoisotopic (exact) mass is 322 g/mol. The number of hydrogen-bond donors (Lipinski definition) is 1. The largest absolute Gasteiger partial charge is 0.378 e. The molecular weight excluding hydrogens is 300 g/mol. The molecule has 3 rings (SSSR count). The smallest absolute Gasteiger partial charge is 0.224 e. The molecule has 0 saturated carbocycles. The summed E-state index contributed by atoms with van der Waals surface area (Å²) in [6.07, 6.45) is 4.18. The third-order valence-corrected chi connectivity index (χ3v) is 4.75. The number of rotatable bonds is 4. The quantitative estimate of drug-likeness (QED) is 0.924. The first-order chi connectivity index (χ1) is 10.7. The Morgan fingerprint density at radius 3 is 2.86 bits per heavy atom. The Morgan fingerprint density at radius 1 is 1.27 bits per heavy atom. The first-order valence-electron chi connectivity index (χ1n) is 8.08. The van der Waals surface area contributed by atoms with Crippen LogP contribution in [-0.2, 0) is 16.0 Å². The summed E-state index contributed by atoms with van der Waals surface area (Å²) in [6, 6.07) is 7.89. The lowest BCUT2D eigenvalue weighted by molar-refractivity contribution is -0.121. The van der Waals surface area contributed by atoms with E-state index >= 15 is 0 Å². The van der Waals surface area contributed by atoms with E-state index in [1.165, 1.54) is 19.3 Å². The van der Waals surface area contributed by atoms with Crippen LogP contribution in [0, 0.1) is 0 Å². The Kier molecular flexibility index (Phi) is 5.34. The molecule has 1 aromatic rings. The van der Waals surface area contributed by atoms with Gasteiger partial charge < -0.3 is 10.1 Å². The molecule has 5 heteroatoms. The van der Waals surface area contributed by atoms with Crippen molar-refractivity contribution in [2.24, 2.45) is 0 Å². The van der Waals surface area contributed by atoms with Crippen LogP contribution in [-0.4, -0.2) is 49.2 Å². The molecule has 0 spiro atoms. The van der Waals surface area contributed by atoms with Crippen molar-refractivity contribution in [2.75, 3.05) is 26.3 Å². The molecule has 0 bridgehead atoms. The summed E-state index contributed by atoms with van der Waals surface area (Å²) < 4.78 is 5.62. The van der Waals surface area contributed by atoms with E-state index in [-0.39, 0.29) is 11.9 Å². The van der Waals surface area contributed by atoms with E-state index in [4.69, 9.17) is 16.3 Å². The number of hydrogen-bond acceptors (Lipinski definition) is 3. The Balaban J connectivity index is 1.55. The van der Waals surface area contributed by atoms with E-state index in [9.17, 15) is 4.79 Å². The normalized spacial score (nSPS) is 26.0. The number of nitrogens with zero attached hydrogens (tertiary/aromatic N) is 1. The second-order valence-electron chi connectivity index (χ2n) is 6.18. The molecule has 120 valence electrons. The molecule has 2 aliphatic rings. The second-order valence-corrected chi connectivity index (χ2v) is 6.62. The van der Waals surface area contributed by atoms with Gasteiger partial charge in [-0.15, -0.1) is 0 Å². The maximum atomic E-state index is 12.3. The van der Waals surface area contributed by atoms with Crippen LogP contribution in [0.2, 0.25) is 5.02 Å². The SMILES string of the molecule is O=C(Cc1cccc(Cl)c1)N[C@H]1COC[C@@H]1N1CCCCC1. The number of piperidine rings is 1. The highest BCUT2D eigenvalue weighted by Gasteiger charge is 2.34. The Hall–Kier alpha value is -1.10. The number of carbonyl (C=O) groups excluding carboxylic acids is 1. The van der Waals surface area contributed by atoms with Crippen LogP contribution in [0.5, 0.6) is 0 Å². The van der Waals surface area contributed by atoms with Gasteiger partial charge in [0.25, 0.3) is 0 Å². The lowest BCUT2D eigenvalue weighted by Gasteiger charge is -2.34. The highest BCUT2D eigenvalue weighted by atomic mass is 35.5. The number of benzene rings is 1. The number of carbonyl (C=O) groups is 1. The average Bonchev–Trinajstić information content (AvgIpc) is 2.96. The number of amides is 1. The summed E-state index contributed by atoms with van der Waals surface area (Å²) in [4.78, 5) is 14.8. The van der Waals surface area contributed by atoms with Gasteiger partial charge in [-0.05, 0) is 43.6 Å². The Bertz CT molecular complexity index is 517. The average molecular weight is 323 g/mol. The van der Waals surface area contributed by atoms with E-state index in [1.807, 2.05) is 24.3 Å². The van der Waals surface area contributed by atoms with E-state index < -0.39 is 0 Å². The maximum absolute atomic E-state index is 12.3. The second kappa shape index (κ2) is 7.44. The minimum absolute atomic E-state index is 0.0415. The van der Waals surface area contributed by atoms with E-state index in [0.717, 1.165) is 25.3 Å². The molecule has 1 aromatic carbocycles. The van der Waals surface area contributed by atoms with Gasteiger partial charge in [0.15, 0.2) is 0 Å². The molecule has 0 unspecified atom stereocenters. The van der Waals surface area contributed by atoms with Crippen LogP contribution in [0.15, 0.2) is 24.3 Å². The molecule has 1 amide bonds. The van der Waals surface area contributed by atoms with Gasteiger partial charge >= 0.3 is 0 Å². The third-order valence-electron chi connectivity index (χ3n) is 4.51. The van der Waals surface area contributed by atoms with Crippen molar-refractivity contribution >= 4 is 17.5 Å². The van der Waals surface area contributed by atoms with Gasteiger partial charge in [0.05, 0.1) is 31.7 Å². The summed E-state index contributed by atoms with van der Waals surface area (Å²) in [7, 11) is 0. The molecule has 2 atom stereocenters. The van der Waals surface area contributed by atoms with Gasteiger partial charge in [0.1, 0.15) is 0 Å². The molecule has 2 saturated heterocycles. The summed E-state index contributed by atoms with van der Waals surface area (Å²) in [5.41, 5.74) is 0.943. The van der Waals surface area contributed by atoms with Crippen molar-refractivity contribution in [3.8, 4) is 0 Å². The van der Waals surface area contributed by atoms with Crippen molar-refractivity contribution in [2.45, 2.75) is 37.8 Å². The van der Waals surface area contributed by atoms with Crippen LogP contribution >= 0.6 is 11.6 Å². The molecule has 2 aliphatic heterocycles. The zero-order valence-corrected chi connectivity index (χ0v) is 13.5. The van der Waals surface area contributed by atoms with Crippen LogP contribution in [0.25, 0.3) is 0 Å².